The summed E-state index contributed by atoms with van der Waals surface area (Å²) in [7, 11) is -1.79. The van der Waals surface area contributed by atoms with Gasteiger partial charge in [0.05, 0.1) is 14.2 Å². The first-order chi connectivity index (χ1) is 19.4. The van der Waals surface area contributed by atoms with Crippen molar-refractivity contribution in [2.75, 3.05) is 20.8 Å². The van der Waals surface area contributed by atoms with Crippen LogP contribution in [0.5, 0.6) is 28.7 Å². The lowest BCUT2D eigenvalue weighted by atomic mass is 9.84. The van der Waals surface area contributed by atoms with Crippen molar-refractivity contribution in [3.8, 4) is 28.7 Å². The highest BCUT2D eigenvalue weighted by molar-refractivity contribution is 9.08. The summed E-state index contributed by atoms with van der Waals surface area (Å²) in [6.07, 6.45) is -2.46. The number of hydrogen-bond acceptors (Lipinski definition) is 12. The highest BCUT2D eigenvalue weighted by Crippen LogP contribution is 2.39. The average molecular weight is 662 g/mol. The minimum absolute atomic E-state index is 0.0469. The largest absolute Gasteiger partial charge is 0.501 e. The number of methoxy groups -OCH3 is 2. The van der Waals surface area contributed by atoms with Gasteiger partial charge in [-0.3, -0.25) is 9.59 Å². The zero-order chi connectivity index (χ0) is 30.3. The van der Waals surface area contributed by atoms with E-state index in [2.05, 4.69) is 15.9 Å². The number of rotatable bonds is 12. The molecule has 1 aliphatic heterocycles. The van der Waals surface area contributed by atoms with E-state index < -0.39 is 40.8 Å². The standard InChI is InChI=1S/C27H33BrO12S/c1-15-16(2)27(38-25(14-35-17(3)29)26(15)36-18(4)30)37-21-9-7-8-10-22(21)40-41(31,32)39-19-11-23(33-5)20(13-28)24(12-19)34-6/h7-12,15-16,25-27H,13-14H2,1-6H3/t15-,16-,25-,26-,27?/m1/s1. The summed E-state index contributed by atoms with van der Waals surface area (Å²) in [5.74, 6) is -1.15. The van der Waals surface area contributed by atoms with Gasteiger partial charge in [-0.15, -0.1) is 8.42 Å². The van der Waals surface area contributed by atoms with Gasteiger partial charge in [-0.1, -0.05) is 41.9 Å². The number of benzene rings is 2. The summed E-state index contributed by atoms with van der Waals surface area (Å²) in [4.78, 5) is 23.1. The molecule has 12 nitrogen and oxygen atoms in total. The SMILES string of the molecule is COc1cc(OS(=O)(=O)Oc2ccccc2OC2O[C@H](COC(C)=O)[C@H](OC(C)=O)[C@H](C)[C@H]2C)cc(OC)c1CBr. The van der Waals surface area contributed by atoms with Crippen LogP contribution < -0.4 is 22.6 Å². The van der Waals surface area contributed by atoms with Crippen LogP contribution in [0, 0.1) is 11.8 Å². The van der Waals surface area contributed by atoms with Crippen LogP contribution in [-0.4, -0.2) is 59.7 Å². The van der Waals surface area contributed by atoms with Gasteiger partial charge in [-0.25, -0.2) is 0 Å². The van der Waals surface area contributed by atoms with Crippen molar-refractivity contribution in [1.29, 1.82) is 0 Å². The Labute approximate surface area is 247 Å². The fourth-order valence-corrected chi connectivity index (χ4v) is 5.51. The van der Waals surface area contributed by atoms with Crippen molar-refractivity contribution >= 4 is 38.3 Å². The second kappa shape index (κ2) is 14.1. The predicted octanol–water partition coefficient (Wildman–Crippen LogP) is 4.17. The lowest BCUT2D eigenvalue weighted by Gasteiger charge is -2.43. The number of carbonyl (C=O) groups is 2. The van der Waals surface area contributed by atoms with Crippen molar-refractivity contribution in [3.63, 3.8) is 0 Å². The van der Waals surface area contributed by atoms with Gasteiger partial charge < -0.3 is 36.8 Å². The van der Waals surface area contributed by atoms with E-state index >= 15 is 0 Å². The van der Waals surface area contributed by atoms with Crippen molar-refractivity contribution in [1.82, 2.24) is 0 Å². The third kappa shape index (κ3) is 8.39. The van der Waals surface area contributed by atoms with E-state index in [0.717, 1.165) is 0 Å². The molecule has 1 heterocycles. The van der Waals surface area contributed by atoms with Crippen molar-refractivity contribution in [2.24, 2.45) is 11.8 Å². The number of hydrogen-bond donors (Lipinski definition) is 0. The number of halogens is 1. The molecule has 0 radical (unpaired) electrons. The van der Waals surface area contributed by atoms with Gasteiger partial charge in [-0.05, 0) is 12.1 Å². The van der Waals surface area contributed by atoms with E-state index in [1.165, 1.54) is 52.3 Å². The van der Waals surface area contributed by atoms with Gasteiger partial charge in [0.15, 0.2) is 17.2 Å². The van der Waals surface area contributed by atoms with Gasteiger partial charge in [-0.2, -0.15) is 0 Å². The van der Waals surface area contributed by atoms with Gasteiger partial charge in [0.1, 0.15) is 30.3 Å². The molecule has 0 bridgehead atoms. The zero-order valence-electron chi connectivity index (χ0n) is 23.5. The van der Waals surface area contributed by atoms with Gasteiger partial charge >= 0.3 is 22.3 Å². The van der Waals surface area contributed by atoms with E-state index in [1.54, 1.807) is 12.1 Å². The average Bonchev–Trinajstić information content (AvgIpc) is 2.91. The lowest BCUT2D eigenvalue weighted by Crippen LogP contribution is -2.54. The highest BCUT2D eigenvalue weighted by Gasteiger charge is 2.45. The fourth-order valence-electron chi connectivity index (χ4n) is 4.23. The molecular formula is C27H33BrO12S. The molecule has 0 aliphatic carbocycles. The summed E-state index contributed by atoms with van der Waals surface area (Å²) in [5, 5.41) is 0.400. The van der Waals surface area contributed by atoms with E-state index in [-0.39, 0.29) is 35.7 Å². The molecule has 0 spiro atoms. The summed E-state index contributed by atoms with van der Waals surface area (Å²) in [6.45, 7) is 6.03. The summed E-state index contributed by atoms with van der Waals surface area (Å²) >= 11 is 3.35. The molecule has 1 aliphatic rings. The monoisotopic (exact) mass is 660 g/mol. The Bertz CT molecular complexity index is 1310. The second-order valence-electron chi connectivity index (χ2n) is 9.22. The first-order valence-electron chi connectivity index (χ1n) is 12.6. The van der Waals surface area contributed by atoms with E-state index in [0.29, 0.717) is 22.4 Å². The molecule has 41 heavy (non-hydrogen) atoms. The van der Waals surface area contributed by atoms with Crippen LogP contribution in [-0.2, 0) is 39.5 Å². The molecule has 0 saturated carbocycles. The second-order valence-corrected chi connectivity index (χ2v) is 10.9. The lowest BCUT2D eigenvalue weighted by molar-refractivity contribution is -0.248. The molecule has 1 unspecified atom stereocenters. The summed E-state index contributed by atoms with van der Waals surface area (Å²) in [5.41, 5.74) is 0.665. The first-order valence-corrected chi connectivity index (χ1v) is 15.0. The number of alkyl halides is 1. The molecule has 1 saturated heterocycles. The molecule has 226 valence electrons. The van der Waals surface area contributed by atoms with Crippen LogP contribution >= 0.6 is 15.9 Å². The molecule has 14 heteroatoms. The molecule has 0 aromatic heterocycles. The quantitative estimate of drug-likeness (QED) is 0.238. The third-order valence-corrected chi connectivity index (χ3v) is 7.74. The van der Waals surface area contributed by atoms with Crippen LogP contribution in [0.4, 0.5) is 0 Å². The first kappa shape index (κ1) is 32.3. The fraction of sp³-hybridized carbons (Fsp3) is 0.481. The molecule has 3 rings (SSSR count). The molecule has 2 aromatic carbocycles. The van der Waals surface area contributed by atoms with Crippen molar-refractivity contribution in [2.45, 2.75) is 51.5 Å². The minimum atomic E-state index is -4.65. The molecule has 1 fully saturated rings. The van der Waals surface area contributed by atoms with Crippen LogP contribution in [0.2, 0.25) is 0 Å². The Morgan fingerprint density at radius 2 is 1.51 bits per heavy atom. The smallest absolute Gasteiger partial charge is 0.496 e. The normalized spacial score (nSPS) is 22.3. The van der Waals surface area contributed by atoms with Crippen LogP contribution in [0.3, 0.4) is 0 Å². The number of carbonyl (C=O) groups excluding carboxylic acids is 2. The predicted molar refractivity (Wildman–Crippen MR) is 149 cm³/mol. The molecule has 0 amide bonds. The third-order valence-electron chi connectivity index (χ3n) is 6.40. The molecule has 5 atom stereocenters. The molecular weight excluding hydrogens is 628 g/mol. The van der Waals surface area contributed by atoms with Gasteiger partial charge in [0.2, 0.25) is 6.29 Å². The maximum atomic E-state index is 12.9. The van der Waals surface area contributed by atoms with Crippen LogP contribution in [0.15, 0.2) is 36.4 Å². The van der Waals surface area contributed by atoms with Crippen molar-refractivity contribution in [3.05, 3.63) is 42.0 Å². The van der Waals surface area contributed by atoms with Crippen LogP contribution in [0.25, 0.3) is 0 Å². The number of esters is 2. The van der Waals surface area contributed by atoms with E-state index in [9.17, 15) is 18.0 Å². The number of ether oxygens (including phenoxy) is 6. The maximum absolute atomic E-state index is 12.9. The Hall–Kier alpha value is -3.23. The van der Waals surface area contributed by atoms with Gasteiger partial charge in [0.25, 0.3) is 0 Å². The Morgan fingerprint density at radius 3 is 2.05 bits per heavy atom. The highest BCUT2D eigenvalue weighted by atomic mass is 79.9. The van der Waals surface area contributed by atoms with Gasteiger partial charge in [0, 0.05) is 48.7 Å². The Balaban J connectivity index is 1.83. The van der Waals surface area contributed by atoms with E-state index in [1.807, 2.05) is 13.8 Å². The van der Waals surface area contributed by atoms with Crippen molar-refractivity contribution < 1.29 is 54.8 Å². The summed E-state index contributed by atoms with van der Waals surface area (Å²) in [6, 6.07) is 8.86. The Kier molecular flexibility index (Phi) is 11.1. The summed E-state index contributed by atoms with van der Waals surface area (Å²) < 4.78 is 69.6. The minimum Gasteiger partial charge on any atom is -0.496 e. The number of para-hydroxylation sites is 2. The Morgan fingerprint density at radius 1 is 0.902 bits per heavy atom. The zero-order valence-corrected chi connectivity index (χ0v) is 25.9. The van der Waals surface area contributed by atoms with E-state index in [4.69, 9.17) is 36.8 Å². The topological polar surface area (TPSA) is 142 Å². The van der Waals surface area contributed by atoms with Crippen LogP contribution in [0.1, 0.15) is 33.3 Å². The molecule has 2 aromatic rings. The molecule has 0 N–H and O–H groups in total. The maximum Gasteiger partial charge on any atom is 0.501 e.